The second-order valence-corrected chi connectivity index (χ2v) is 3.63. The van der Waals surface area contributed by atoms with Gasteiger partial charge in [-0.15, -0.1) is 0 Å². The maximum atomic E-state index is 10.5. The Hall–Kier alpha value is -2.01. The first-order valence-corrected chi connectivity index (χ1v) is 4.79. The zero-order valence-electron chi connectivity index (χ0n) is 8.07. The molecule has 0 aliphatic heterocycles. The van der Waals surface area contributed by atoms with Crippen molar-refractivity contribution in [2.24, 2.45) is 0 Å². The van der Waals surface area contributed by atoms with Crippen LogP contribution in [0.5, 0.6) is 0 Å². The number of carboxylic acid groups (broad SMARTS) is 1. The lowest BCUT2D eigenvalue weighted by molar-refractivity contribution is 0.210. The fourth-order valence-electron chi connectivity index (χ4n) is 1.43. The standard InChI is InChI=1S/C10H8ClN3O2/c11-8-3-6(14-10(15)16)1-5-2-9(12)13-4-7(5)8/h1-4,14H,(H2,12,13)(H,15,16). The maximum Gasteiger partial charge on any atom is 0.409 e. The van der Waals surface area contributed by atoms with Gasteiger partial charge >= 0.3 is 6.09 Å². The number of halogens is 1. The number of nitrogens with two attached hydrogens (primary N) is 1. The van der Waals surface area contributed by atoms with E-state index in [1.807, 2.05) is 0 Å². The van der Waals surface area contributed by atoms with Crippen LogP contribution in [0.25, 0.3) is 10.8 Å². The molecule has 0 bridgehead atoms. The highest BCUT2D eigenvalue weighted by Gasteiger charge is 2.05. The van der Waals surface area contributed by atoms with Gasteiger partial charge in [-0.05, 0) is 23.6 Å². The first kappa shape index (κ1) is 10.5. The highest BCUT2D eigenvalue weighted by atomic mass is 35.5. The fourth-order valence-corrected chi connectivity index (χ4v) is 1.70. The summed E-state index contributed by atoms with van der Waals surface area (Å²) in [5.41, 5.74) is 5.93. The van der Waals surface area contributed by atoms with Crippen LogP contribution in [0.3, 0.4) is 0 Å². The Morgan fingerprint density at radius 3 is 2.88 bits per heavy atom. The molecule has 1 heterocycles. The van der Waals surface area contributed by atoms with Crippen LogP contribution >= 0.6 is 11.6 Å². The average molecular weight is 238 g/mol. The van der Waals surface area contributed by atoms with Gasteiger partial charge in [-0.2, -0.15) is 0 Å². The van der Waals surface area contributed by atoms with E-state index < -0.39 is 6.09 Å². The third-order valence-electron chi connectivity index (χ3n) is 2.06. The topological polar surface area (TPSA) is 88.2 Å². The molecule has 0 unspecified atom stereocenters. The highest BCUT2D eigenvalue weighted by molar-refractivity contribution is 6.36. The van der Waals surface area contributed by atoms with E-state index in [1.165, 1.54) is 6.07 Å². The summed E-state index contributed by atoms with van der Waals surface area (Å²) in [6.07, 6.45) is 0.412. The van der Waals surface area contributed by atoms with Crippen LogP contribution in [0.15, 0.2) is 24.4 Å². The molecule has 0 aliphatic rings. The van der Waals surface area contributed by atoms with Gasteiger partial charge in [-0.25, -0.2) is 9.78 Å². The predicted molar refractivity (Wildman–Crippen MR) is 62.8 cm³/mol. The molecule has 0 saturated carbocycles. The van der Waals surface area contributed by atoms with Crippen LogP contribution in [-0.4, -0.2) is 16.2 Å². The van der Waals surface area contributed by atoms with Crippen molar-refractivity contribution in [3.63, 3.8) is 0 Å². The number of hydrogen-bond acceptors (Lipinski definition) is 3. The molecule has 1 aromatic carbocycles. The minimum Gasteiger partial charge on any atom is -0.465 e. The Kier molecular flexibility index (Phi) is 2.54. The van der Waals surface area contributed by atoms with Crippen molar-refractivity contribution in [1.29, 1.82) is 0 Å². The molecular weight excluding hydrogens is 230 g/mol. The van der Waals surface area contributed by atoms with E-state index in [9.17, 15) is 4.79 Å². The van der Waals surface area contributed by atoms with Gasteiger partial charge in [0.1, 0.15) is 5.82 Å². The minimum absolute atomic E-state index is 0.357. The fraction of sp³-hybridized carbons (Fsp3) is 0. The van der Waals surface area contributed by atoms with Gasteiger partial charge in [0.25, 0.3) is 0 Å². The molecule has 0 radical (unpaired) electrons. The summed E-state index contributed by atoms with van der Waals surface area (Å²) in [7, 11) is 0. The van der Waals surface area contributed by atoms with E-state index in [1.54, 1.807) is 18.3 Å². The normalized spacial score (nSPS) is 10.3. The molecule has 2 aromatic rings. The number of rotatable bonds is 1. The van der Waals surface area contributed by atoms with Gasteiger partial charge in [0.2, 0.25) is 0 Å². The second-order valence-electron chi connectivity index (χ2n) is 3.22. The average Bonchev–Trinajstić information content (AvgIpc) is 2.15. The molecule has 82 valence electrons. The summed E-state index contributed by atoms with van der Waals surface area (Å²) in [4.78, 5) is 14.4. The van der Waals surface area contributed by atoms with E-state index >= 15 is 0 Å². The molecule has 0 fully saturated rings. The van der Waals surface area contributed by atoms with E-state index in [-0.39, 0.29) is 0 Å². The number of anilines is 2. The number of hydrogen-bond donors (Lipinski definition) is 3. The highest BCUT2D eigenvalue weighted by Crippen LogP contribution is 2.28. The summed E-state index contributed by atoms with van der Waals surface area (Å²) >= 11 is 5.98. The number of nitrogens with one attached hydrogen (secondary N) is 1. The van der Waals surface area contributed by atoms with Crippen LogP contribution in [-0.2, 0) is 0 Å². The van der Waals surface area contributed by atoms with Gasteiger partial charge in [-0.3, -0.25) is 5.32 Å². The summed E-state index contributed by atoms with van der Waals surface area (Å²) < 4.78 is 0. The molecule has 0 aliphatic carbocycles. The molecule has 0 saturated heterocycles. The summed E-state index contributed by atoms with van der Waals surface area (Å²) in [5.74, 6) is 0.357. The lowest BCUT2D eigenvalue weighted by Crippen LogP contribution is -2.07. The molecule has 1 amide bonds. The minimum atomic E-state index is -1.14. The monoisotopic (exact) mass is 237 g/mol. The first-order chi connectivity index (χ1) is 7.56. The van der Waals surface area contributed by atoms with Crippen LogP contribution in [0.4, 0.5) is 16.3 Å². The molecule has 4 N–H and O–H groups in total. The lowest BCUT2D eigenvalue weighted by atomic mass is 10.1. The first-order valence-electron chi connectivity index (χ1n) is 4.41. The van der Waals surface area contributed by atoms with Crippen molar-refractivity contribution in [2.75, 3.05) is 11.1 Å². The molecule has 2 rings (SSSR count). The van der Waals surface area contributed by atoms with Crippen LogP contribution in [0.1, 0.15) is 0 Å². The molecule has 5 nitrogen and oxygen atoms in total. The third-order valence-corrected chi connectivity index (χ3v) is 2.37. The smallest absolute Gasteiger partial charge is 0.409 e. The third kappa shape index (κ3) is 1.99. The van der Waals surface area contributed by atoms with E-state index in [0.29, 0.717) is 16.5 Å². The largest absolute Gasteiger partial charge is 0.465 e. The Bertz CT molecular complexity index is 571. The van der Waals surface area contributed by atoms with Crippen LogP contribution in [0.2, 0.25) is 5.02 Å². The van der Waals surface area contributed by atoms with Gasteiger partial charge in [0.15, 0.2) is 0 Å². The Balaban J connectivity index is 2.60. The van der Waals surface area contributed by atoms with Crippen molar-refractivity contribution >= 4 is 40.0 Å². The Morgan fingerprint density at radius 1 is 1.44 bits per heavy atom. The van der Waals surface area contributed by atoms with Gasteiger partial charge in [0.05, 0.1) is 5.02 Å². The van der Waals surface area contributed by atoms with Crippen molar-refractivity contribution in [2.45, 2.75) is 0 Å². The van der Waals surface area contributed by atoms with Crippen LogP contribution < -0.4 is 11.1 Å². The zero-order valence-corrected chi connectivity index (χ0v) is 8.82. The molecular formula is C10H8ClN3O2. The summed E-state index contributed by atoms with van der Waals surface area (Å²) in [6.45, 7) is 0. The Morgan fingerprint density at radius 2 is 2.19 bits per heavy atom. The van der Waals surface area contributed by atoms with Gasteiger partial charge in [0, 0.05) is 17.3 Å². The number of benzene rings is 1. The van der Waals surface area contributed by atoms with Crippen molar-refractivity contribution in [3.8, 4) is 0 Å². The van der Waals surface area contributed by atoms with E-state index in [0.717, 1.165) is 10.8 Å². The number of nitrogen functional groups attached to an aromatic ring is 1. The quantitative estimate of drug-likeness (QED) is 0.711. The lowest BCUT2D eigenvalue weighted by Gasteiger charge is -2.05. The summed E-state index contributed by atoms with van der Waals surface area (Å²) in [5, 5.41) is 12.7. The number of amides is 1. The number of aromatic nitrogens is 1. The van der Waals surface area contributed by atoms with Gasteiger partial charge < -0.3 is 10.8 Å². The molecule has 6 heteroatoms. The zero-order chi connectivity index (χ0) is 11.7. The van der Waals surface area contributed by atoms with Crippen molar-refractivity contribution < 1.29 is 9.90 Å². The molecule has 16 heavy (non-hydrogen) atoms. The molecule has 0 spiro atoms. The van der Waals surface area contributed by atoms with E-state index in [4.69, 9.17) is 22.4 Å². The van der Waals surface area contributed by atoms with Gasteiger partial charge in [-0.1, -0.05) is 11.6 Å². The van der Waals surface area contributed by atoms with Crippen LogP contribution in [0, 0.1) is 0 Å². The number of carbonyl (C=O) groups is 1. The van der Waals surface area contributed by atoms with Crippen molar-refractivity contribution in [3.05, 3.63) is 29.4 Å². The second kappa shape index (κ2) is 3.86. The van der Waals surface area contributed by atoms with E-state index in [2.05, 4.69) is 10.3 Å². The maximum absolute atomic E-state index is 10.5. The summed E-state index contributed by atoms with van der Waals surface area (Å²) in [6, 6.07) is 4.80. The molecule has 0 atom stereocenters. The SMILES string of the molecule is Nc1cc2cc(NC(=O)O)cc(Cl)c2cn1. The predicted octanol–water partition coefficient (Wildman–Crippen LogP) is 2.56. The number of nitrogens with zero attached hydrogens (tertiary/aromatic N) is 1. The van der Waals surface area contributed by atoms with Crippen molar-refractivity contribution in [1.82, 2.24) is 4.98 Å². The number of pyridine rings is 1. The number of fused-ring (bicyclic) bond motifs is 1. The molecule has 1 aromatic heterocycles. The Labute approximate surface area is 95.8 Å².